The van der Waals surface area contributed by atoms with E-state index in [1.165, 1.54) is 17.0 Å². The maximum atomic E-state index is 12.6. The molecule has 0 spiro atoms. The van der Waals surface area contributed by atoms with Crippen molar-refractivity contribution in [2.24, 2.45) is 0 Å². The Kier molecular flexibility index (Phi) is 4.30. The van der Waals surface area contributed by atoms with Crippen LogP contribution in [0.3, 0.4) is 0 Å². The molecule has 6 heteroatoms. The summed E-state index contributed by atoms with van der Waals surface area (Å²) in [5, 5.41) is 9.95. The van der Waals surface area contributed by atoms with E-state index in [-0.39, 0.29) is 17.0 Å². The molecule has 22 heavy (non-hydrogen) atoms. The minimum absolute atomic E-state index is 0.107. The van der Waals surface area contributed by atoms with E-state index in [9.17, 15) is 14.7 Å². The number of hydrogen-bond acceptors (Lipinski definition) is 5. The van der Waals surface area contributed by atoms with Gasteiger partial charge < -0.3 is 20.5 Å². The van der Waals surface area contributed by atoms with Gasteiger partial charge in [0.25, 0.3) is 5.91 Å². The van der Waals surface area contributed by atoms with E-state index in [1.54, 1.807) is 26.8 Å². The van der Waals surface area contributed by atoms with Crippen LogP contribution in [-0.2, 0) is 9.53 Å². The summed E-state index contributed by atoms with van der Waals surface area (Å²) in [6.45, 7) is 5.82. The zero-order valence-electron chi connectivity index (χ0n) is 13.1. The standard InChI is InChI=1S/C16H22N2O4/c1-16(2,3)22-15(21)12-8-5-9-18(12)14(20)10-6-4-7-11(17)13(10)19/h4,6-7,12,19H,5,8-9,17H2,1-3H3. The number of esters is 1. The number of nitrogens with zero attached hydrogens (tertiary/aromatic N) is 1. The molecule has 1 fully saturated rings. The van der Waals surface area contributed by atoms with Gasteiger partial charge in [-0.2, -0.15) is 0 Å². The molecule has 1 saturated heterocycles. The molecule has 1 unspecified atom stereocenters. The number of aromatic hydroxyl groups is 1. The number of nitrogens with two attached hydrogens (primary N) is 1. The van der Waals surface area contributed by atoms with Gasteiger partial charge in [0.2, 0.25) is 0 Å². The predicted molar refractivity (Wildman–Crippen MR) is 82.4 cm³/mol. The molecule has 1 aliphatic heterocycles. The highest BCUT2D eigenvalue weighted by molar-refractivity contribution is 6.00. The third-order valence-electron chi connectivity index (χ3n) is 3.49. The Morgan fingerprint density at radius 3 is 2.68 bits per heavy atom. The van der Waals surface area contributed by atoms with Crippen LogP contribution in [0, 0.1) is 0 Å². The number of hydrogen-bond donors (Lipinski definition) is 2. The number of amides is 1. The van der Waals surface area contributed by atoms with E-state index < -0.39 is 23.5 Å². The Bertz CT molecular complexity index is 592. The van der Waals surface area contributed by atoms with Crippen molar-refractivity contribution in [3.8, 4) is 5.75 Å². The number of phenols is 1. The highest BCUT2D eigenvalue weighted by atomic mass is 16.6. The topological polar surface area (TPSA) is 92.9 Å². The van der Waals surface area contributed by atoms with Crippen molar-refractivity contribution < 1.29 is 19.4 Å². The summed E-state index contributed by atoms with van der Waals surface area (Å²) >= 11 is 0. The molecule has 1 atom stereocenters. The minimum Gasteiger partial charge on any atom is -0.505 e. The van der Waals surface area contributed by atoms with Crippen LogP contribution in [0.25, 0.3) is 0 Å². The fraction of sp³-hybridized carbons (Fsp3) is 0.500. The van der Waals surface area contributed by atoms with Gasteiger partial charge in [-0.1, -0.05) is 6.07 Å². The summed E-state index contributed by atoms with van der Waals surface area (Å²) in [5.74, 6) is -1.07. The minimum atomic E-state index is -0.618. The van der Waals surface area contributed by atoms with Gasteiger partial charge in [-0.05, 0) is 45.7 Å². The second-order valence-corrected chi connectivity index (χ2v) is 6.43. The second kappa shape index (κ2) is 5.87. The van der Waals surface area contributed by atoms with Crippen molar-refractivity contribution in [3.05, 3.63) is 23.8 Å². The summed E-state index contributed by atoms with van der Waals surface area (Å²) in [6.07, 6.45) is 1.28. The second-order valence-electron chi connectivity index (χ2n) is 6.43. The lowest BCUT2D eigenvalue weighted by atomic mass is 10.1. The quantitative estimate of drug-likeness (QED) is 0.495. The Balaban J connectivity index is 2.22. The first kappa shape index (κ1) is 16.1. The van der Waals surface area contributed by atoms with Crippen molar-refractivity contribution in [2.45, 2.75) is 45.3 Å². The molecule has 1 amide bonds. The largest absolute Gasteiger partial charge is 0.505 e. The lowest BCUT2D eigenvalue weighted by Crippen LogP contribution is -2.43. The van der Waals surface area contributed by atoms with Crippen LogP contribution in [0.15, 0.2) is 18.2 Å². The Morgan fingerprint density at radius 2 is 2.05 bits per heavy atom. The van der Waals surface area contributed by atoms with Crippen LogP contribution in [0.1, 0.15) is 44.0 Å². The van der Waals surface area contributed by atoms with Crippen molar-refractivity contribution in [1.29, 1.82) is 0 Å². The van der Waals surface area contributed by atoms with Gasteiger partial charge in [0.15, 0.2) is 5.75 Å². The SMILES string of the molecule is CC(C)(C)OC(=O)C1CCCN1C(=O)c1cccc(N)c1O. The zero-order valence-corrected chi connectivity index (χ0v) is 13.1. The predicted octanol–water partition coefficient (Wildman–Crippen LogP) is 1.92. The summed E-state index contributed by atoms with van der Waals surface area (Å²) in [7, 11) is 0. The zero-order chi connectivity index (χ0) is 16.5. The van der Waals surface area contributed by atoms with E-state index >= 15 is 0 Å². The van der Waals surface area contributed by atoms with Crippen molar-refractivity contribution >= 4 is 17.6 Å². The Morgan fingerprint density at radius 1 is 1.36 bits per heavy atom. The molecular formula is C16H22N2O4. The van der Waals surface area contributed by atoms with E-state index in [0.29, 0.717) is 13.0 Å². The lowest BCUT2D eigenvalue weighted by molar-refractivity contribution is -0.159. The fourth-order valence-electron chi connectivity index (χ4n) is 2.51. The number of ether oxygens (including phenoxy) is 1. The molecule has 0 radical (unpaired) electrons. The first-order valence-electron chi connectivity index (χ1n) is 7.32. The molecule has 120 valence electrons. The summed E-state index contributed by atoms with van der Waals surface area (Å²) in [4.78, 5) is 26.3. The smallest absolute Gasteiger partial charge is 0.329 e. The van der Waals surface area contributed by atoms with Crippen LogP contribution in [0.4, 0.5) is 5.69 Å². The van der Waals surface area contributed by atoms with Crippen LogP contribution >= 0.6 is 0 Å². The summed E-state index contributed by atoms with van der Waals surface area (Å²) in [6, 6.07) is 3.99. The molecule has 1 aromatic carbocycles. The number of carbonyl (C=O) groups is 2. The molecule has 1 aliphatic rings. The molecule has 2 rings (SSSR count). The molecule has 0 bridgehead atoms. The maximum Gasteiger partial charge on any atom is 0.329 e. The lowest BCUT2D eigenvalue weighted by Gasteiger charge is -2.27. The van der Waals surface area contributed by atoms with Gasteiger partial charge in [0.1, 0.15) is 11.6 Å². The van der Waals surface area contributed by atoms with Crippen LogP contribution in [0.5, 0.6) is 5.75 Å². The Hall–Kier alpha value is -2.24. The first-order chi connectivity index (χ1) is 10.2. The van der Waals surface area contributed by atoms with Crippen molar-refractivity contribution in [3.63, 3.8) is 0 Å². The van der Waals surface area contributed by atoms with Crippen LogP contribution < -0.4 is 5.73 Å². The molecule has 1 aromatic rings. The number of likely N-dealkylation sites (tertiary alicyclic amines) is 1. The van der Waals surface area contributed by atoms with E-state index in [0.717, 1.165) is 6.42 Å². The fourth-order valence-corrected chi connectivity index (χ4v) is 2.51. The summed E-state index contributed by atoms with van der Waals surface area (Å²) < 4.78 is 5.37. The maximum absolute atomic E-state index is 12.6. The third kappa shape index (κ3) is 3.32. The number of rotatable bonds is 2. The Labute approximate surface area is 129 Å². The van der Waals surface area contributed by atoms with Gasteiger partial charge in [-0.15, -0.1) is 0 Å². The third-order valence-corrected chi connectivity index (χ3v) is 3.49. The van der Waals surface area contributed by atoms with E-state index in [1.807, 2.05) is 0 Å². The number of anilines is 1. The average molecular weight is 306 g/mol. The molecule has 0 aromatic heterocycles. The molecule has 3 N–H and O–H groups in total. The molecule has 0 aliphatic carbocycles. The van der Waals surface area contributed by atoms with Gasteiger partial charge >= 0.3 is 5.97 Å². The summed E-state index contributed by atoms with van der Waals surface area (Å²) in [5.41, 5.74) is 5.26. The molecule has 0 saturated carbocycles. The molecular weight excluding hydrogens is 284 g/mol. The van der Waals surface area contributed by atoms with Gasteiger partial charge in [0, 0.05) is 6.54 Å². The van der Waals surface area contributed by atoms with Gasteiger partial charge in [0.05, 0.1) is 11.3 Å². The van der Waals surface area contributed by atoms with Crippen molar-refractivity contribution in [2.75, 3.05) is 12.3 Å². The number of para-hydroxylation sites is 1. The number of carbonyl (C=O) groups excluding carboxylic acids is 2. The normalized spacial score (nSPS) is 18.3. The molecule has 1 heterocycles. The highest BCUT2D eigenvalue weighted by Gasteiger charge is 2.38. The van der Waals surface area contributed by atoms with Crippen LogP contribution in [-0.4, -0.2) is 40.1 Å². The van der Waals surface area contributed by atoms with Crippen LogP contribution in [0.2, 0.25) is 0 Å². The van der Waals surface area contributed by atoms with Gasteiger partial charge in [-0.3, -0.25) is 4.79 Å². The number of benzene rings is 1. The number of phenolic OH excluding ortho intramolecular Hbond substituents is 1. The molecule has 6 nitrogen and oxygen atoms in total. The highest BCUT2D eigenvalue weighted by Crippen LogP contribution is 2.29. The van der Waals surface area contributed by atoms with Gasteiger partial charge in [-0.25, -0.2) is 4.79 Å². The van der Waals surface area contributed by atoms with E-state index in [4.69, 9.17) is 10.5 Å². The monoisotopic (exact) mass is 306 g/mol. The number of nitrogen functional groups attached to an aromatic ring is 1. The van der Waals surface area contributed by atoms with E-state index in [2.05, 4.69) is 0 Å². The average Bonchev–Trinajstić information content (AvgIpc) is 2.88. The van der Waals surface area contributed by atoms with Crippen molar-refractivity contribution in [1.82, 2.24) is 4.90 Å². The first-order valence-corrected chi connectivity index (χ1v) is 7.32.